The number of benzene rings is 4. The molecule has 0 amide bonds. The van der Waals surface area contributed by atoms with Crippen LogP contribution in [0.2, 0.25) is 5.02 Å². The van der Waals surface area contributed by atoms with Gasteiger partial charge in [0, 0.05) is 16.1 Å². The summed E-state index contributed by atoms with van der Waals surface area (Å²) in [6.07, 6.45) is 0. The van der Waals surface area contributed by atoms with E-state index in [1.54, 1.807) is 0 Å². The third-order valence-electron chi connectivity index (χ3n) is 4.10. The van der Waals surface area contributed by atoms with E-state index in [4.69, 9.17) is 11.6 Å². The van der Waals surface area contributed by atoms with Crippen molar-refractivity contribution in [2.45, 2.75) is 0 Å². The van der Waals surface area contributed by atoms with E-state index in [0.717, 1.165) is 21.5 Å². The highest BCUT2D eigenvalue weighted by Gasteiger charge is 2.14. The first-order valence-corrected chi connectivity index (χ1v) is 7.82. The fourth-order valence-corrected chi connectivity index (χ4v) is 3.18. The van der Waals surface area contributed by atoms with Crippen LogP contribution in [0.1, 0.15) is 15.9 Å². The van der Waals surface area contributed by atoms with Crippen molar-refractivity contribution in [3.05, 3.63) is 95.0 Å². The molecule has 4 rings (SSSR count). The van der Waals surface area contributed by atoms with Gasteiger partial charge in [0.25, 0.3) is 0 Å². The molecule has 0 radical (unpaired) electrons. The van der Waals surface area contributed by atoms with Gasteiger partial charge in [-0.15, -0.1) is 0 Å². The van der Waals surface area contributed by atoms with E-state index < -0.39 is 0 Å². The van der Waals surface area contributed by atoms with Gasteiger partial charge in [0.2, 0.25) is 0 Å². The second-order valence-electron chi connectivity index (χ2n) is 5.53. The Hall–Kier alpha value is -2.64. The smallest absolute Gasteiger partial charge is 0.193 e. The lowest BCUT2D eigenvalue weighted by Crippen LogP contribution is -2.02. The van der Waals surface area contributed by atoms with E-state index in [1.165, 1.54) is 0 Å². The lowest BCUT2D eigenvalue weighted by Gasteiger charge is -2.10. The maximum absolute atomic E-state index is 13.0. The van der Waals surface area contributed by atoms with Crippen LogP contribution in [0.4, 0.5) is 0 Å². The number of hydrogen-bond donors (Lipinski definition) is 0. The van der Waals surface area contributed by atoms with Crippen molar-refractivity contribution in [2.24, 2.45) is 0 Å². The molecule has 4 aromatic rings. The molecular formula is C21H13ClO. The van der Waals surface area contributed by atoms with Gasteiger partial charge in [0.05, 0.1) is 0 Å². The molecule has 2 heteroatoms. The molecule has 0 saturated carbocycles. The van der Waals surface area contributed by atoms with Crippen molar-refractivity contribution >= 4 is 38.9 Å². The Balaban J connectivity index is 2.07. The topological polar surface area (TPSA) is 17.1 Å². The summed E-state index contributed by atoms with van der Waals surface area (Å²) < 4.78 is 0. The van der Waals surface area contributed by atoms with Crippen LogP contribution in [-0.4, -0.2) is 5.78 Å². The molecule has 0 N–H and O–H groups in total. The standard InChI is InChI=1S/C21H13ClO/c22-16-10-11-18-19(13-16)17-9-5-4-8-15(17)12-20(18)21(23)14-6-2-1-3-7-14/h1-13H. The van der Waals surface area contributed by atoms with Crippen molar-refractivity contribution in [3.8, 4) is 0 Å². The average Bonchev–Trinajstić information content (AvgIpc) is 2.61. The molecule has 0 heterocycles. The zero-order valence-corrected chi connectivity index (χ0v) is 13.0. The van der Waals surface area contributed by atoms with Crippen LogP contribution < -0.4 is 0 Å². The van der Waals surface area contributed by atoms with Gasteiger partial charge >= 0.3 is 0 Å². The summed E-state index contributed by atoms with van der Waals surface area (Å²) in [5.41, 5.74) is 1.40. The van der Waals surface area contributed by atoms with Gasteiger partial charge in [-0.25, -0.2) is 0 Å². The maximum Gasteiger partial charge on any atom is 0.193 e. The van der Waals surface area contributed by atoms with E-state index >= 15 is 0 Å². The summed E-state index contributed by atoms with van der Waals surface area (Å²) >= 11 is 6.18. The number of rotatable bonds is 2. The highest BCUT2D eigenvalue weighted by atomic mass is 35.5. The van der Waals surface area contributed by atoms with Crippen LogP contribution in [0.3, 0.4) is 0 Å². The normalized spacial score (nSPS) is 11.0. The Morgan fingerprint density at radius 2 is 1.43 bits per heavy atom. The van der Waals surface area contributed by atoms with E-state index in [2.05, 4.69) is 6.07 Å². The van der Waals surface area contributed by atoms with Crippen LogP contribution >= 0.6 is 11.6 Å². The van der Waals surface area contributed by atoms with Crippen LogP contribution in [0.15, 0.2) is 78.9 Å². The summed E-state index contributed by atoms with van der Waals surface area (Å²) in [6.45, 7) is 0. The van der Waals surface area contributed by atoms with Crippen LogP contribution in [0.25, 0.3) is 21.5 Å². The van der Waals surface area contributed by atoms with E-state index in [0.29, 0.717) is 16.1 Å². The predicted molar refractivity (Wildman–Crippen MR) is 96.3 cm³/mol. The summed E-state index contributed by atoms with van der Waals surface area (Å²) in [5.74, 6) is 0.0312. The number of hydrogen-bond acceptors (Lipinski definition) is 1. The third-order valence-corrected chi connectivity index (χ3v) is 4.34. The second kappa shape index (κ2) is 5.53. The minimum atomic E-state index is 0.0312. The van der Waals surface area contributed by atoms with Gasteiger partial charge in [-0.1, -0.05) is 72.3 Å². The molecule has 0 aliphatic heterocycles. The zero-order valence-electron chi connectivity index (χ0n) is 12.3. The van der Waals surface area contributed by atoms with Gasteiger partial charge in [0.15, 0.2) is 5.78 Å². The first-order valence-electron chi connectivity index (χ1n) is 7.45. The molecule has 1 nitrogen and oxygen atoms in total. The predicted octanol–water partition coefficient (Wildman–Crippen LogP) is 5.88. The summed E-state index contributed by atoms with van der Waals surface area (Å²) in [4.78, 5) is 13.0. The minimum Gasteiger partial charge on any atom is -0.289 e. The zero-order chi connectivity index (χ0) is 15.8. The number of carbonyl (C=O) groups excluding carboxylic acids is 1. The van der Waals surface area contributed by atoms with Crippen LogP contribution in [0, 0.1) is 0 Å². The maximum atomic E-state index is 13.0. The molecule has 0 aliphatic carbocycles. The molecule has 0 saturated heterocycles. The Kier molecular flexibility index (Phi) is 3.36. The summed E-state index contributed by atoms with van der Waals surface area (Å²) in [7, 11) is 0. The number of carbonyl (C=O) groups is 1. The number of halogens is 1. The van der Waals surface area contributed by atoms with Gasteiger partial charge in [0.1, 0.15) is 0 Å². The lowest BCUT2D eigenvalue weighted by molar-refractivity contribution is 0.104. The highest BCUT2D eigenvalue weighted by molar-refractivity contribution is 6.32. The summed E-state index contributed by atoms with van der Waals surface area (Å²) in [5, 5.41) is 4.76. The van der Waals surface area contributed by atoms with E-state index in [9.17, 15) is 4.79 Å². The Morgan fingerprint density at radius 1 is 0.696 bits per heavy atom. The Morgan fingerprint density at radius 3 is 2.26 bits per heavy atom. The quantitative estimate of drug-likeness (QED) is 0.333. The van der Waals surface area contributed by atoms with Crippen molar-refractivity contribution < 1.29 is 4.79 Å². The van der Waals surface area contributed by atoms with E-state index in [-0.39, 0.29) is 5.78 Å². The van der Waals surface area contributed by atoms with Crippen molar-refractivity contribution in [1.29, 1.82) is 0 Å². The minimum absolute atomic E-state index is 0.0312. The second-order valence-corrected chi connectivity index (χ2v) is 5.97. The molecule has 23 heavy (non-hydrogen) atoms. The molecule has 0 atom stereocenters. The third kappa shape index (κ3) is 2.39. The SMILES string of the molecule is O=C(c1ccccc1)c1cc2ccccc2c2cc(Cl)ccc12. The molecule has 0 aliphatic rings. The lowest BCUT2D eigenvalue weighted by atomic mass is 9.93. The molecule has 0 spiro atoms. The molecular weight excluding hydrogens is 304 g/mol. The molecule has 0 unspecified atom stereocenters. The van der Waals surface area contributed by atoms with Gasteiger partial charge < -0.3 is 0 Å². The van der Waals surface area contributed by atoms with Gasteiger partial charge in [-0.3, -0.25) is 4.79 Å². The van der Waals surface area contributed by atoms with Crippen molar-refractivity contribution in [1.82, 2.24) is 0 Å². The first kappa shape index (κ1) is 14.0. The van der Waals surface area contributed by atoms with E-state index in [1.807, 2.05) is 72.8 Å². The largest absolute Gasteiger partial charge is 0.289 e. The average molecular weight is 317 g/mol. The highest BCUT2D eigenvalue weighted by Crippen LogP contribution is 2.32. The molecule has 0 fully saturated rings. The molecule has 4 aromatic carbocycles. The van der Waals surface area contributed by atoms with Gasteiger partial charge in [-0.2, -0.15) is 0 Å². The molecule has 0 aromatic heterocycles. The van der Waals surface area contributed by atoms with Crippen molar-refractivity contribution in [2.75, 3.05) is 0 Å². The van der Waals surface area contributed by atoms with Crippen LogP contribution in [0.5, 0.6) is 0 Å². The number of ketones is 1. The number of fused-ring (bicyclic) bond motifs is 3. The molecule has 0 bridgehead atoms. The monoisotopic (exact) mass is 316 g/mol. The van der Waals surface area contributed by atoms with Crippen molar-refractivity contribution in [3.63, 3.8) is 0 Å². The fourth-order valence-electron chi connectivity index (χ4n) is 3.01. The van der Waals surface area contributed by atoms with Gasteiger partial charge in [-0.05, 0) is 39.7 Å². The Bertz CT molecular complexity index is 1040. The molecule has 110 valence electrons. The Labute approximate surface area is 139 Å². The summed E-state index contributed by atoms with van der Waals surface area (Å²) in [6, 6.07) is 25.1. The van der Waals surface area contributed by atoms with Crippen LogP contribution in [-0.2, 0) is 0 Å². The first-order chi connectivity index (χ1) is 11.2. The fraction of sp³-hybridized carbons (Fsp3) is 0.